The van der Waals surface area contributed by atoms with Crippen molar-refractivity contribution in [3.8, 4) is 5.69 Å². The van der Waals surface area contributed by atoms with Crippen LogP contribution in [0, 0.1) is 19.8 Å². The van der Waals surface area contributed by atoms with E-state index in [0.29, 0.717) is 44.0 Å². The van der Waals surface area contributed by atoms with Crippen LogP contribution >= 0.6 is 0 Å². The third-order valence-electron chi connectivity index (χ3n) is 5.83. The largest absolute Gasteiger partial charge is 0.347 e. The van der Waals surface area contributed by atoms with E-state index in [4.69, 9.17) is 0 Å². The monoisotopic (exact) mass is 430 g/mol. The highest BCUT2D eigenvalue weighted by Crippen LogP contribution is 2.26. The van der Waals surface area contributed by atoms with Gasteiger partial charge in [0, 0.05) is 32.8 Å². The fourth-order valence-electron chi connectivity index (χ4n) is 3.92. The fraction of sp³-hybridized carbons (Fsp3) is 0.450. The Bertz CT molecular complexity index is 1200. The average molecular weight is 431 g/mol. The van der Waals surface area contributed by atoms with E-state index in [9.17, 15) is 13.2 Å². The molecule has 2 aromatic heterocycles. The first-order valence-corrected chi connectivity index (χ1v) is 11.4. The predicted octanol–water partition coefficient (Wildman–Crippen LogP) is 1.55. The quantitative estimate of drug-likeness (QED) is 0.661. The Labute approximate surface area is 175 Å². The highest BCUT2D eigenvalue weighted by molar-refractivity contribution is 7.89. The molecule has 1 fully saturated rings. The zero-order chi connectivity index (χ0) is 21.5. The van der Waals surface area contributed by atoms with Crippen LogP contribution in [0.15, 0.2) is 40.3 Å². The Morgan fingerprint density at radius 1 is 1.17 bits per heavy atom. The highest BCUT2D eigenvalue weighted by Gasteiger charge is 2.32. The molecule has 10 heteroatoms. The summed E-state index contributed by atoms with van der Waals surface area (Å²) in [6, 6.07) is 7.69. The Morgan fingerprint density at radius 2 is 1.87 bits per heavy atom. The molecule has 0 aliphatic carbocycles. The normalized spacial score (nSPS) is 16.2. The van der Waals surface area contributed by atoms with Gasteiger partial charge in [-0.05, 0) is 44.2 Å². The highest BCUT2D eigenvalue weighted by atomic mass is 32.2. The van der Waals surface area contributed by atoms with Crippen molar-refractivity contribution in [1.82, 2.24) is 28.6 Å². The minimum Gasteiger partial charge on any atom is -0.337 e. The molecule has 0 atom stereocenters. The zero-order valence-electron chi connectivity index (χ0n) is 17.4. The standard InChI is InChI=1S/C20H26N6O3S/c1-14-6-4-5-7-17(14)26-18(22-23-20(26)27)12-16-8-10-25(11-9-16)30(28,29)19-13-24(3)15(2)21-19/h4-7,13,16H,8-12H2,1-3H3,(H,23,27). The minimum absolute atomic E-state index is 0.0987. The number of rotatable bonds is 5. The molecule has 4 rings (SSSR count). The Balaban J connectivity index is 1.48. The molecule has 1 aliphatic rings. The molecule has 3 heterocycles. The number of benzene rings is 1. The van der Waals surface area contributed by atoms with E-state index >= 15 is 0 Å². The Kier molecular flexibility index (Phi) is 5.37. The van der Waals surface area contributed by atoms with Crippen molar-refractivity contribution in [3.05, 3.63) is 58.2 Å². The van der Waals surface area contributed by atoms with Crippen LogP contribution < -0.4 is 5.69 Å². The first-order chi connectivity index (χ1) is 14.3. The first kappa shape index (κ1) is 20.5. The van der Waals surface area contributed by atoms with Gasteiger partial charge in [-0.3, -0.25) is 0 Å². The number of sulfonamides is 1. The molecule has 9 nitrogen and oxygen atoms in total. The van der Waals surface area contributed by atoms with Crippen molar-refractivity contribution in [1.29, 1.82) is 0 Å². The van der Waals surface area contributed by atoms with Crippen molar-refractivity contribution >= 4 is 10.0 Å². The van der Waals surface area contributed by atoms with Gasteiger partial charge < -0.3 is 4.57 Å². The predicted molar refractivity (Wildman–Crippen MR) is 112 cm³/mol. The second-order valence-corrected chi connectivity index (χ2v) is 9.74. The van der Waals surface area contributed by atoms with E-state index in [1.165, 1.54) is 4.31 Å². The second-order valence-electron chi connectivity index (χ2n) is 7.86. The zero-order valence-corrected chi connectivity index (χ0v) is 18.2. The molecule has 1 saturated heterocycles. The first-order valence-electron chi connectivity index (χ1n) is 10.00. The lowest BCUT2D eigenvalue weighted by Gasteiger charge is -2.30. The van der Waals surface area contributed by atoms with Gasteiger partial charge in [0.1, 0.15) is 11.6 Å². The maximum Gasteiger partial charge on any atom is 0.347 e. The molecule has 1 aromatic carbocycles. The summed E-state index contributed by atoms with van der Waals surface area (Å²) in [6.45, 7) is 4.60. The molecule has 0 spiro atoms. The lowest BCUT2D eigenvalue weighted by atomic mass is 9.94. The van der Waals surface area contributed by atoms with E-state index in [1.807, 2.05) is 31.2 Å². The second kappa shape index (κ2) is 7.84. The number of nitrogens with one attached hydrogen (secondary N) is 1. The summed E-state index contributed by atoms with van der Waals surface area (Å²) < 4.78 is 30.6. The van der Waals surface area contributed by atoms with Crippen molar-refractivity contribution < 1.29 is 8.42 Å². The molecule has 0 amide bonds. The summed E-state index contributed by atoms with van der Waals surface area (Å²) >= 11 is 0. The number of hydrogen-bond donors (Lipinski definition) is 1. The van der Waals surface area contributed by atoms with Gasteiger partial charge in [0.2, 0.25) is 0 Å². The molecule has 3 aromatic rings. The summed E-state index contributed by atoms with van der Waals surface area (Å²) in [7, 11) is -1.81. The number of H-pyrrole nitrogens is 1. The van der Waals surface area contributed by atoms with Gasteiger partial charge in [0.25, 0.3) is 10.0 Å². The van der Waals surface area contributed by atoms with Crippen LogP contribution in [-0.2, 0) is 23.5 Å². The number of aryl methyl sites for hydroxylation is 3. The van der Waals surface area contributed by atoms with Gasteiger partial charge in [-0.25, -0.2) is 27.9 Å². The SMILES string of the molecule is Cc1ccccc1-n1c(CC2CCN(S(=O)(=O)c3cn(C)c(C)n3)CC2)n[nH]c1=O. The molecular formula is C20H26N6O3S. The van der Waals surface area contributed by atoms with Crippen LogP contribution in [0.3, 0.4) is 0 Å². The smallest absolute Gasteiger partial charge is 0.337 e. The van der Waals surface area contributed by atoms with E-state index in [1.54, 1.807) is 29.3 Å². The molecule has 1 N–H and O–H groups in total. The molecule has 30 heavy (non-hydrogen) atoms. The Morgan fingerprint density at radius 3 is 2.50 bits per heavy atom. The van der Waals surface area contributed by atoms with E-state index in [2.05, 4.69) is 15.2 Å². The van der Waals surface area contributed by atoms with Crippen molar-refractivity contribution in [2.24, 2.45) is 13.0 Å². The lowest BCUT2D eigenvalue weighted by Crippen LogP contribution is -2.39. The molecule has 0 saturated carbocycles. The Hall–Kier alpha value is -2.72. The van der Waals surface area contributed by atoms with E-state index < -0.39 is 10.0 Å². The number of aromatic amines is 1. The van der Waals surface area contributed by atoms with Gasteiger partial charge in [-0.1, -0.05) is 18.2 Å². The van der Waals surface area contributed by atoms with Crippen molar-refractivity contribution in [2.75, 3.05) is 13.1 Å². The summed E-state index contributed by atoms with van der Waals surface area (Å²) in [4.78, 5) is 16.5. The summed E-state index contributed by atoms with van der Waals surface area (Å²) in [5, 5.41) is 6.89. The number of hydrogen-bond acceptors (Lipinski definition) is 5. The minimum atomic E-state index is -3.59. The fourth-order valence-corrected chi connectivity index (χ4v) is 5.42. The molecule has 1 aliphatic heterocycles. The maximum atomic E-state index is 12.9. The summed E-state index contributed by atoms with van der Waals surface area (Å²) in [5.74, 6) is 1.59. The van der Waals surface area contributed by atoms with Crippen LogP contribution in [0.5, 0.6) is 0 Å². The topological polar surface area (TPSA) is 106 Å². The number of aromatic nitrogens is 5. The van der Waals surface area contributed by atoms with Crippen LogP contribution in [0.4, 0.5) is 0 Å². The third-order valence-corrected chi connectivity index (χ3v) is 7.60. The van der Waals surface area contributed by atoms with Crippen LogP contribution in [-0.4, -0.2) is 50.1 Å². The number of imidazole rings is 1. The molecular weight excluding hydrogens is 404 g/mol. The van der Waals surface area contributed by atoms with Crippen molar-refractivity contribution in [3.63, 3.8) is 0 Å². The van der Waals surface area contributed by atoms with Gasteiger partial charge in [-0.2, -0.15) is 9.40 Å². The average Bonchev–Trinajstić information content (AvgIpc) is 3.25. The number of para-hydroxylation sites is 1. The van der Waals surface area contributed by atoms with E-state index in [-0.39, 0.29) is 16.6 Å². The van der Waals surface area contributed by atoms with Gasteiger partial charge in [0.15, 0.2) is 5.03 Å². The van der Waals surface area contributed by atoms with Crippen LogP contribution in [0.25, 0.3) is 5.69 Å². The number of nitrogens with zero attached hydrogens (tertiary/aromatic N) is 5. The molecule has 0 bridgehead atoms. The number of piperidine rings is 1. The molecule has 160 valence electrons. The van der Waals surface area contributed by atoms with Crippen LogP contribution in [0.1, 0.15) is 30.1 Å². The molecule has 0 unspecified atom stereocenters. The summed E-state index contributed by atoms with van der Waals surface area (Å²) in [5.41, 5.74) is 1.55. The van der Waals surface area contributed by atoms with Crippen molar-refractivity contribution in [2.45, 2.75) is 38.1 Å². The maximum absolute atomic E-state index is 12.9. The van der Waals surface area contributed by atoms with Gasteiger partial charge >= 0.3 is 5.69 Å². The third kappa shape index (κ3) is 3.72. The molecule has 0 radical (unpaired) electrons. The summed E-state index contributed by atoms with van der Waals surface area (Å²) in [6.07, 6.45) is 3.59. The van der Waals surface area contributed by atoms with Gasteiger partial charge in [-0.15, -0.1) is 0 Å². The lowest BCUT2D eigenvalue weighted by molar-refractivity contribution is 0.269. The van der Waals surface area contributed by atoms with E-state index in [0.717, 1.165) is 11.3 Å². The van der Waals surface area contributed by atoms with Gasteiger partial charge in [0.05, 0.1) is 5.69 Å². The van der Waals surface area contributed by atoms with Crippen LogP contribution in [0.2, 0.25) is 0 Å².